The zero-order chi connectivity index (χ0) is 17.2. The maximum absolute atomic E-state index is 6.04. The van der Waals surface area contributed by atoms with Gasteiger partial charge in [0.2, 0.25) is 0 Å². The lowest BCUT2D eigenvalue weighted by Gasteiger charge is -2.37. The second kappa shape index (κ2) is 7.01. The minimum absolute atomic E-state index is 0.560. The molecule has 1 saturated heterocycles. The van der Waals surface area contributed by atoms with E-state index in [2.05, 4.69) is 30.0 Å². The molecule has 2 heterocycles. The molecule has 128 valence electrons. The van der Waals surface area contributed by atoms with Crippen LogP contribution in [-0.2, 0) is 0 Å². The Hall–Kier alpha value is -2.13. The molecule has 0 aliphatic carbocycles. The smallest absolute Gasteiger partial charge is 0.162 e. The van der Waals surface area contributed by atoms with Crippen LogP contribution in [0.3, 0.4) is 0 Å². The summed E-state index contributed by atoms with van der Waals surface area (Å²) >= 11 is 6.04. The number of piperidine rings is 1. The summed E-state index contributed by atoms with van der Waals surface area (Å²) in [6.45, 7) is 3.34. The SMILES string of the molecule is CCC1CCCCN1c1nc(-c2ccc(Cl)cc2)nc2ccccc12. The van der Waals surface area contributed by atoms with Gasteiger partial charge in [-0.25, -0.2) is 9.97 Å². The van der Waals surface area contributed by atoms with Crippen LogP contribution >= 0.6 is 11.6 Å². The van der Waals surface area contributed by atoms with Gasteiger partial charge < -0.3 is 4.90 Å². The summed E-state index contributed by atoms with van der Waals surface area (Å²) in [5.41, 5.74) is 2.00. The minimum Gasteiger partial charge on any atom is -0.353 e. The van der Waals surface area contributed by atoms with Crippen LogP contribution in [0.25, 0.3) is 22.3 Å². The molecule has 1 fully saturated rings. The molecule has 1 aliphatic heterocycles. The first-order chi connectivity index (χ1) is 12.3. The molecular formula is C21H22ClN3. The third-order valence-corrected chi connectivity index (χ3v) is 5.31. The molecule has 4 heteroatoms. The highest BCUT2D eigenvalue weighted by atomic mass is 35.5. The quantitative estimate of drug-likeness (QED) is 0.604. The van der Waals surface area contributed by atoms with Crippen molar-refractivity contribution >= 4 is 28.3 Å². The monoisotopic (exact) mass is 351 g/mol. The van der Waals surface area contributed by atoms with E-state index in [9.17, 15) is 0 Å². The Morgan fingerprint density at radius 1 is 1.04 bits per heavy atom. The summed E-state index contributed by atoms with van der Waals surface area (Å²) in [5, 5.41) is 1.87. The molecule has 0 saturated carbocycles. The molecule has 3 aromatic rings. The van der Waals surface area contributed by atoms with Gasteiger partial charge in [0, 0.05) is 28.6 Å². The topological polar surface area (TPSA) is 29.0 Å². The number of anilines is 1. The van der Waals surface area contributed by atoms with E-state index in [0.29, 0.717) is 6.04 Å². The first kappa shape index (κ1) is 16.3. The van der Waals surface area contributed by atoms with E-state index in [1.807, 2.05) is 30.3 Å². The Balaban J connectivity index is 1.88. The van der Waals surface area contributed by atoms with Gasteiger partial charge >= 0.3 is 0 Å². The molecule has 4 rings (SSSR count). The summed E-state index contributed by atoms with van der Waals surface area (Å²) in [6, 6.07) is 16.6. The molecule has 1 unspecified atom stereocenters. The number of nitrogens with zero attached hydrogens (tertiary/aromatic N) is 3. The van der Waals surface area contributed by atoms with Gasteiger partial charge in [-0.05, 0) is 62.1 Å². The summed E-state index contributed by atoms with van der Waals surface area (Å²) in [7, 11) is 0. The van der Waals surface area contributed by atoms with Crippen LogP contribution in [-0.4, -0.2) is 22.6 Å². The molecule has 0 amide bonds. The van der Waals surface area contributed by atoms with E-state index >= 15 is 0 Å². The molecule has 2 aromatic carbocycles. The number of para-hydroxylation sites is 1. The first-order valence-electron chi connectivity index (χ1n) is 9.05. The van der Waals surface area contributed by atoms with Crippen molar-refractivity contribution in [3.63, 3.8) is 0 Å². The van der Waals surface area contributed by atoms with Crippen LogP contribution in [0.15, 0.2) is 48.5 Å². The summed E-state index contributed by atoms with van der Waals surface area (Å²) in [6.07, 6.45) is 4.92. The Morgan fingerprint density at radius 3 is 2.64 bits per heavy atom. The first-order valence-corrected chi connectivity index (χ1v) is 9.43. The Morgan fingerprint density at radius 2 is 1.84 bits per heavy atom. The second-order valence-corrected chi connectivity index (χ2v) is 7.08. The van der Waals surface area contributed by atoms with E-state index < -0.39 is 0 Å². The highest BCUT2D eigenvalue weighted by Gasteiger charge is 2.24. The normalized spacial score (nSPS) is 17.8. The highest BCUT2D eigenvalue weighted by molar-refractivity contribution is 6.30. The van der Waals surface area contributed by atoms with Crippen molar-refractivity contribution < 1.29 is 0 Å². The number of halogens is 1. The van der Waals surface area contributed by atoms with Gasteiger partial charge in [0.25, 0.3) is 0 Å². The average Bonchev–Trinajstić information content (AvgIpc) is 2.67. The molecule has 0 bridgehead atoms. The maximum atomic E-state index is 6.04. The fourth-order valence-electron chi connectivity index (χ4n) is 3.71. The summed E-state index contributed by atoms with van der Waals surface area (Å²) < 4.78 is 0. The number of fused-ring (bicyclic) bond motifs is 1. The zero-order valence-electron chi connectivity index (χ0n) is 14.5. The highest BCUT2D eigenvalue weighted by Crippen LogP contribution is 2.32. The lowest BCUT2D eigenvalue weighted by atomic mass is 9.99. The molecule has 1 aromatic heterocycles. The molecule has 1 aliphatic rings. The van der Waals surface area contributed by atoms with E-state index in [1.54, 1.807) is 0 Å². The van der Waals surface area contributed by atoms with E-state index in [4.69, 9.17) is 21.6 Å². The van der Waals surface area contributed by atoms with Gasteiger partial charge in [-0.1, -0.05) is 30.7 Å². The maximum Gasteiger partial charge on any atom is 0.162 e. The zero-order valence-corrected chi connectivity index (χ0v) is 15.2. The second-order valence-electron chi connectivity index (χ2n) is 6.65. The summed E-state index contributed by atoms with van der Waals surface area (Å²) in [5.74, 6) is 1.84. The van der Waals surface area contributed by atoms with Crippen molar-refractivity contribution in [2.75, 3.05) is 11.4 Å². The number of hydrogen-bond acceptors (Lipinski definition) is 3. The van der Waals surface area contributed by atoms with Gasteiger partial charge in [0.15, 0.2) is 5.82 Å². The molecular weight excluding hydrogens is 330 g/mol. The summed E-state index contributed by atoms with van der Waals surface area (Å²) in [4.78, 5) is 12.3. The fourth-order valence-corrected chi connectivity index (χ4v) is 3.84. The molecule has 0 spiro atoms. The number of benzene rings is 2. The molecule has 1 atom stereocenters. The third-order valence-electron chi connectivity index (χ3n) is 5.06. The van der Waals surface area contributed by atoms with E-state index in [-0.39, 0.29) is 0 Å². The molecule has 3 nitrogen and oxygen atoms in total. The van der Waals surface area contributed by atoms with Crippen molar-refractivity contribution in [3.8, 4) is 11.4 Å². The molecule has 0 N–H and O–H groups in total. The van der Waals surface area contributed by atoms with Crippen LogP contribution in [0.5, 0.6) is 0 Å². The number of hydrogen-bond donors (Lipinski definition) is 0. The Kier molecular flexibility index (Phi) is 4.58. The Bertz CT molecular complexity index is 876. The minimum atomic E-state index is 0.560. The van der Waals surface area contributed by atoms with Gasteiger partial charge in [0.05, 0.1) is 5.52 Å². The largest absolute Gasteiger partial charge is 0.353 e. The predicted molar refractivity (Wildman–Crippen MR) is 105 cm³/mol. The van der Waals surface area contributed by atoms with Crippen molar-refractivity contribution in [1.29, 1.82) is 0 Å². The van der Waals surface area contributed by atoms with Crippen molar-refractivity contribution in [2.24, 2.45) is 0 Å². The fraction of sp³-hybridized carbons (Fsp3) is 0.333. The van der Waals surface area contributed by atoms with Crippen LogP contribution in [0, 0.1) is 0 Å². The van der Waals surface area contributed by atoms with Crippen LogP contribution in [0.4, 0.5) is 5.82 Å². The van der Waals surface area contributed by atoms with Gasteiger partial charge in [-0.15, -0.1) is 0 Å². The Labute approximate surface area is 153 Å². The number of aromatic nitrogens is 2. The van der Waals surface area contributed by atoms with E-state index in [1.165, 1.54) is 19.3 Å². The van der Waals surface area contributed by atoms with Crippen molar-refractivity contribution in [3.05, 3.63) is 53.6 Å². The van der Waals surface area contributed by atoms with Crippen molar-refractivity contribution in [2.45, 2.75) is 38.6 Å². The third kappa shape index (κ3) is 3.21. The van der Waals surface area contributed by atoms with Gasteiger partial charge in [0.1, 0.15) is 5.82 Å². The van der Waals surface area contributed by atoms with Gasteiger partial charge in [-0.2, -0.15) is 0 Å². The predicted octanol–water partition coefficient (Wildman–Crippen LogP) is 5.72. The van der Waals surface area contributed by atoms with Crippen LogP contribution in [0.2, 0.25) is 5.02 Å². The average molecular weight is 352 g/mol. The van der Waals surface area contributed by atoms with E-state index in [0.717, 1.165) is 46.1 Å². The van der Waals surface area contributed by atoms with Crippen molar-refractivity contribution in [1.82, 2.24) is 9.97 Å². The lowest BCUT2D eigenvalue weighted by molar-refractivity contribution is 0.448. The standard InChI is InChI=1S/C21H22ClN3/c1-2-17-7-5-6-14-25(17)21-18-8-3-4-9-19(18)23-20(24-21)15-10-12-16(22)13-11-15/h3-4,8-13,17H,2,5-7,14H2,1H3. The molecule has 0 radical (unpaired) electrons. The number of rotatable bonds is 3. The molecule has 25 heavy (non-hydrogen) atoms. The lowest BCUT2D eigenvalue weighted by Crippen LogP contribution is -2.39. The van der Waals surface area contributed by atoms with Gasteiger partial charge in [-0.3, -0.25) is 0 Å². The van der Waals surface area contributed by atoms with Crippen LogP contribution < -0.4 is 4.90 Å². The van der Waals surface area contributed by atoms with Crippen LogP contribution in [0.1, 0.15) is 32.6 Å².